The third-order valence-corrected chi connectivity index (χ3v) is 2.97. The predicted molar refractivity (Wildman–Crippen MR) is 79.1 cm³/mol. The molecule has 22 heavy (non-hydrogen) atoms. The molecule has 6 nitrogen and oxygen atoms in total. The number of aliphatic carboxylic acids is 1. The van der Waals surface area contributed by atoms with E-state index < -0.39 is 17.8 Å². The summed E-state index contributed by atoms with van der Waals surface area (Å²) in [6.07, 6.45) is -0.101. The average molecular weight is 299 g/mol. The molecule has 0 saturated heterocycles. The van der Waals surface area contributed by atoms with Crippen molar-refractivity contribution in [3.63, 3.8) is 0 Å². The molecule has 0 atom stereocenters. The first kappa shape index (κ1) is 15.2. The largest absolute Gasteiger partial charge is 0.481 e. The number of amides is 1. The molecule has 0 saturated carbocycles. The number of hydrogen-bond donors (Lipinski definition) is 3. The van der Waals surface area contributed by atoms with Crippen LogP contribution in [0.3, 0.4) is 0 Å². The molecule has 0 bridgehead atoms. The van der Waals surface area contributed by atoms with Gasteiger partial charge in [-0.05, 0) is 29.8 Å². The van der Waals surface area contributed by atoms with Gasteiger partial charge in [-0.25, -0.2) is 4.79 Å². The van der Waals surface area contributed by atoms with Crippen molar-refractivity contribution < 1.29 is 24.6 Å². The lowest BCUT2D eigenvalue weighted by molar-refractivity contribution is -0.136. The van der Waals surface area contributed by atoms with E-state index in [1.165, 1.54) is 12.1 Å². The van der Waals surface area contributed by atoms with Gasteiger partial charge in [0, 0.05) is 5.69 Å². The predicted octanol–water partition coefficient (Wildman–Crippen LogP) is 2.26. The Balaban J connectivity index is 2.15. The third-order valence-electron chi connectivity index (χ3n) is 2.97. The van der Waals surface area contributed by atoms with Crippen LogP contribution in [0.5, 0.6) is 0 Å². The van der Waals surface area contributed by atoms with Gasteiger partial charge in [-0.2, -0.15) is 0 Å². The molecule has 0 radical (unpaired) electrons. The number of aromatic carboxylic acids is 1. The van der Waals surface area contributed by atoms with Crippen LogP contribution in [-0.4, -0.2) is 28.1 Å². The maximum Gasteiger partial charge on any atom is 0.336 e. The highest BCUT2D eigenvalue weighted by Gasteiger charge is 2.15. The first-order valence-corrected chi connectivity index (χ1v) is 6.42. The van der Waals surface area contributed by atoms with E-state index in [0.717, 1.165) is 0 Å². The van der Waals surface area contributed by atoms with Gasteiger partial charge < -0.3 is 15.5 Å². The molecule has 0 aliphatic rings. The van der Waals surface area contributed by atoms with E-state index in [2.05, 4.69) is 5.32 Å². The quantitative estimate of drug-likeness (QED) is 0.785. The number of carboxylic acids is 2. The van der Waals surface area contributed by atoms with E-state index in [0.29, 0.717) is 11.3 Å². The summed E-state index contributed by atoms with van der Waals surface area (Å²) in [7, 11) is 0. The summed E-state index contributed by atoms with van der Waals surface area (Å²) in [4.78, 5) is 33.8. The normalized spacial score (nSPS) is 10.0. The topological polar surface area (TPSA) is 104 Å². The first-order chi connectivity index (χ1) is 10.5. The number of nitrogens with one attached hydrogen (secondary N) is 1. The second kappa shape index (κ2) is 6.53. The maximum atomic E-state index is 12.1. The van der Waals surface area contributed by atoms with Gasteiger partial charge in [0.2, 0.25) is 0 Å². The van der Waals surface area contributed by atoms with Crippen molar-refractivity contribution in [1.82, 2.24) is 0 Å². The van der Waals surface area contributed by atoms with Crippen molar-refractivity contribution in [2.24, 2.45) is 0 Å². The molecule has 2 aromatic carbocycles. The second-order valence-corrected chi connectivity index (χ2v) is 4.57. The van der Waals surface area contributed by atoms with Gasteiger partial charge in [0.25, 0.3) is 5.91 Å². The van der Waals surface area contributed by atoms with E-state index in [4.69, 9.17) is 10.2 Å². The van der Waals surface area contributed by atoms with Gasteiger partial charge >= 0.3 is 11.9 Å². The summed E-state index contributed by atoms with van der Waals surface area (Å²) in [5.74, 6) is -2.65. The number of benzene rings is 2. The average Bonchev–Trinajstić information content (AvgIpc) is 2.48. The van der Waals surface area contributed by atoms with Crippen LogP contribution in [0, 0.1) is 0 Å². The van der Waals surface area contributed by atoms with E-state index in [1.54, 1.807) is 36.4 Å². The molecule has 0 unspecified atom stereocenters. The fourth-order valence-corrected chi connectivity index (χ4v) is 1.95. The lowest BCUT2D eigenvalue weighted by Crippen LogP contribution is -2.16. The minimum absolute atomic E-state index is 0.0598. The molecule has 2 rings (SSSR count). The molecule has 2 aromatic rings. The van der Waals surface area contributed by atoms with Gasteiger partial charge in [0.15, 0.2) is 0 Å². The van der Waals surface area contributed by atoms with Crippen LogP contribution in [0.15, 0.2) is 48.5 Å². The van der Waals surface area contributed by atoms with Crippen LogP contribution < -0.4 is 5.32 Å². The summed E-state index contributed by atoms with van der Waals surface area (Å²) in [6.45, 7) is 0. The van der Waals surface area contributed by atoms with Crippen molar-refractivity contribution in [2.75, 3.05) is 5.32 Å². The zero-order valence-corrected chi connectivity index (χ0v) is 11.4. The maximum absolute atomic E-state index is 12.1. The molecule has 0 aliphatic carbocycles. The molecular weight excluding hydrogens is 286 g/mol. The molecule has 0 aliphatic heterocycles. The fraction of sp³-hybridized carbons (Fsp3) is 0.0625. The van der Waals surface area contributed by atoms with Crippen molar-refractivity contribution in [2.45, 2.75) is 6.42 Å². The molecular formula is C16H13NO5. The Bertz CT molecular complexity index is 722. The van der Waals surface area contributed by atoms with E-state index >= 15 is 0 Å². The highest BCUT2D eigenvalue weighted by molar-refractivity contribution is 6.10. The molecule has 3 N–H and O–H groups in total. The monoisotopic (exact) mass is 299 g/mol. The number of carbonyl (C=O) groups is 3. The van der Waals surface area contributed by atoms with E-state index in [9.17, 15) is 14.4 Å². The van der Waals surface area contributed by atoms with Gasteiger partial charge in [-0.15, -0.1) is 0 Å². The van der Waals surface area contributed by atoms with Crippen LogP contribution >= 0.6 is 0 Å². The lowest BCUT2D eigenvalue weighted by Gasteiger charge is -2.08. The number of anilines is 1. The van der Waals surface area contributed by atoms with Gasteiger partial charge in [-0.3, -0.25) is 9.59 Å². The second-order valence-electron chi connectivity index (χ2n) is 4.57. The zero-order chi connectivity index (χ0) is 16.1. The van der Waals surface area contributed by atoms with Crippen LogP contribution in [0.25, 0.3) is 0 Å². The highest BCUT2D eigenvalue weighted by Crippen LogP contribution is 2.14. The van der Waals surface area contributed by atoms with Crippen LogP contribution in [0.1, 0.15) is 26.3 Å². The molecule has 0 spiro atoms. The minimum atomic E-state index is -1.18. The number of carbonyl (C=O) groups excluding carboxylic acids is 1. The SMILES string of the molecule is O=C(O)Cc1ccc(NC(=O)c2ccccc2C(=O)O)cc1. The van der Waals surface area contributed by atoms with Gasteiger partial charge in [0.1, 0.15) is 0 Å². The Labute approximate surface area is 126 Å². The van der Waals surface area contributed by atoms with Crippen molar-refractivity contribution >= 4 is 23.5 Å². The van der Waals surface area contributed by atoms with Crippen LogP contribution in [0.4, 0.5) is 5.69 Å². The Morgan fingerprint density at radius 2 is 1.45 bits per heavy atom. The van der Waals surface area contributed by atoms with Gasteiger partial charge in [-0.1, -0.05) is 24.3 Å². The number of carboxylic acid groups (broad SMARTS) is 2. The summed E-state index contributed by atoms with van der Waals surface area (Å²) in [5, 5.41) is 20.3. The molecule has 112 valence electrons. The van der Waals surface area contributed by atoms with Crippen molar-refractivity contribution in [3.05, 3.63) is 65.2 Å². The third kappa shape index (κ3) is 3.69. The van der Waals surface area contributed by atoms with Crippen molar-refractivity contribution in [3.8, 4) is 0 Å². The summed E-state index contributed by atoms with van der Waals surface area (Å²) < 4.78 is 0. The fourth-order valence-electron chi connectivity index (χ4n) is 1.95. The minimum Gasteiger partial charge on any atom is -0.481 e. The van der Waals surface area contributed by atoms with Crippen molar-refractivity contribution in [1.29, 1.82) is 0 Å². The first-order valence-electron chi connectivity index (χ1n) is 6.42. The Kier molecular flexibility index (Phi) is 4.53. The summed E-state index contributed by atoms with van der Waals surface area (Å²) in [5.41, 5.74) is 1.04. The Morgan fingerprint density at radius 1 is 0.864 bits per heavy atom. The van der Waals surface area contributed by atoms with Gasteiger partial charge in [0.05, 0.1) is 17.5 Å². The summed E-state index contributed by atoms with van der Waals surface area (Å²) >= 11 is 0. The standard InChI is InChI=1S/C16H13NO5/c18-14(19)9-10-5-7-11(8-6-10)17-15(20)12-3-1-2-4-13(12)16(21)22/h1-8H,9H2,(H,17,20)(H,18,19)(H,21,22). The van der Waals surface area contributed by atoms with Crippen LogP contribution in [-0.2, 0) is 11.2 Å². The Hall–Kier alpha value is -3.15. The molecule has 1 amide bonds. The summed E-state index contributed by atoms with van der Waals surface area (Å²) in [6, 6.07) is 12.2. The molecule has 0 heterocycles. The van der Waals surface area contributed by atoms with Crippen LogP contribution in [0.2, 0.25) is 0 Å². The number of hydrogen-bond acceptors (Lipinski definition) is 3. The van der Waals surface area contributed by atoms with E-state index in [1.807, 2.05) is 0 Å². The molecule has 0 fully saturated rings. The van der Waals surface area contributed by atoms with E-state index in [-0.39, 0.29) is 17.5 Å². The zero-order valence-electron chi connectivity index (χ0n) is 11.4. The molecule has 6 heteroatoms. The Morgan fingerprint density at radius 3 is 2.00 bits per heavy atom. The number of rotatable bonds is 5. The molecule has 0 aromatic heterocycles. The lowest BCUT2D eigenvalue weighted by atomic mass is 10.1. The highest BCUT2D eigenvalue weighted by atomic mass is 16.4. The smallest absolute Gasteiger partial charge is 0.336 e.